The minimum Gasteiger partial charge on any atom is -0.494 e. The lowest BCUT2D eigenvalue weighted by Gasteiger charge is -2.12. The number of hydrogen-bond donors (Lipinski definition) is 3. The summed E-state index contributed by atoms with van der Waals surface area (Å²) < 4.78 is 30.0. The van der Waals surface area contributed by atoms with Gasteiger partial charge in [0.25, 0.3) is 10.0 Å². The zero-order valence-corrected chi connectivity index (χ0v) is 17.5. The third-order valence-corrected chi connectivity index (χ3v) is 7.39. The van der Waals surface area contributed by atoms with Crippen molar-refractivity contribution in [3.05, 3.63) is 76.3 Å². The summed E-state index contributed by atoms with van der Waals surface area (Å²) in [6.07, 6.45) is 4.99. The van der Waals surface area contributed by atoms with Crippen LogP contribution in [0.2, 0.25) is 0 Å². The molecule has 0 saturated heterocycles. The summed E-state index contributed by atoms with van der Waals surface area (Å²) in [5.41, 5.74) is 2.48. The molecule has 2 aliphatic rings. The highest BCUT2D eigenvalue weighted by atomic mass is 79.9. The highest BCUT2D eigenvalue weighted by Crippen LogP contribution is 2.57. The lowest BCUT2D eigenvalue weighted by Crippen LogP contribution is -2.13. The molecule has 0 saturated carbocycles. The topological polar surface area (TPSA) is 91.6 Å². The Morgan fingerprint density at radius 1 is 0.966 bits per heavy atom. The van der Waals surface area contributed by atoms with Gasteiger partial charge < -0.3 is 10.2 Å². The van der Waals surface area contributed by atoms with Crippen LogP contribution in [0.4, 0.5) is 5.69 Å². The second-order valence-electron chi connectivity index (χ2n) is 7.25. The maximum atomic E-state index is 12.7. The lowest BCUT2D eigenvalue weighted by atomic mass is 10.0. The predicted octanol–water partition coefficient (Wildman–Crippen LogP) is 4.59. The van der Waals surface area contributed by atoms with Crippen LogP contribution in [0.15, 0.2) is 70.1 Å². The van der Waals surface area contributed by atoms with Gasteiger partial charge in [-0.25, -0.2) is 8.42 Å². The van der Waals surface area contributed by atoms with Gasteiger partial charge in [-0.15, -0.1) is 0 Å². The monoisotopic (exact) mass is 472 g/mol. The van der Waals surface area contributed by atoms with Gasteiger partial charge in [0.1, 0.15) is 0 Å². The maximum absolute atomic E-state index is 12.7. The molecule has 0 amide bonds. The van der Waals surface area contributed by atoms with Crippen LogP contribution < -0.4 is 4.72 Å². The number of fused-ring (bicyclic) bond motifs is 5. The second-order valence-corrected chi connectivity index (χ2v) is 9.85. The molecular weight excluding hydrogens is 456 g/mol. The Morgan fingerprint density at radius 2 is 1.59 bits per heavy atom. The van der Waals surface area contributed by atoms with Gasteiger partial charge in [-0.3, -0.25) is 9.29 Å². The van der Waals surface area contributed by atoms with Crippen LogP contribution >= 0.6 is 15.9 Å². The van der Waals surface area contributed by atoms with E-state index in [0.717, 1.165) is 22.0 Å². The van der Waals surface area contributed by atoms with Gasteiger partial charge in [0, 0.05) is 33.1 Å². The van der Waals surface area contributed by atoms with Crippen LogP contribution in [0.5, 0.6) is 11.8 Å². The molecule has 8 heteroatoms. The minimum absolute atomic E-state index is 0.0113. The molecule has 5 rings (SSSR count). The first kappa shape index (κ1) is 18.3. The fraction of sp³-hybridized carbons (Fsp3) is 0.143. The number of halogens is 1. The van der Waals surface area contributed by atoms with Gasteiger partial charge in [0.15, 0.2) is 0 Å². The fourth-order valence-corrected chi connectivity index (χ4v) is 5.67. The standard InChI is InChI=1S/C21H17BrN2O4S/c22-14-2-1-3-15(11-14)23-29(27,28)17-8-6-16(7-9-17)24-20(25)18-12-4-5-13(10-12)19(18)21(24)26/h1-9,11-13,23,25-26H,10H2/t12-,13?/m0/s1. The van der Waals surface area contributed by atoms with E-state index < -0.39 is 10.0 Å². The van der Waals surface area contributed by atoms with Crippen molar-refractivity contribution < 1.29 is 18.6 Å². The van der Waals surface area contributed by atoms with Crippen molar-refractivity contribution in [3.8, 4) is 17.4 Å². The molecule has 2 atom stereocenters. The van der Waals surface area contributed by atoms with E-state index in [9.17, 15) is 18.6 Å². The van der Waals surface area contributed by atoms with Crippen LogP contribution in [0, 0.1) is 0 Å². The molecule has 1 heterocycles. The van der Waals surface area contributed by atoms with Crippen molar-refractivity contribution >= 4 is 31.6 Å². The zero-order chi connectivity index (χ0) is 20.3. The van der Waals surface area contributed by atoms with Crippen LogP contribution in [-0.4, -0.2) is 23.2 Å². The van der Waals surface area contributed by atoms with E-state index in [-0.39, 0.29) is 28.5 Å². The van der Waals surface area contributed by atoms with E-state index in [1.165, 1.54) is 16.7 Å². The number of nitrogens with one attached hydrogen (secondary N) is 1. The molecule has 0 spiro atoms. The highest BCUT2D eigenvalue weighted by molar-refractivity contribution is 9.10. The number of rotatable bonds is 4. The van der Waals surface area contributed by atoms with Crippen molar-refractivity contribution in [1.82, 2.24) is 4.57 Å². The Hall–Kier alpha value is -2.71. The maximum Gasteiger partial charge on any atom is 0.261 e. The number of aromatic hydroxyl groups is 2. The molecule has 2 aromatic carbocycles. The number of benzene rings is 2. The normalized spacial score (nSPS) is 19.5. The van der Waals surface area contributed by atoms with E-state index in [2.05, 4.69) is 32.8 Å². The third-order valence-electron chi connectivity index (χ3n) is 5.50. The minimum atomic E-state index is -3.77. The van der Waals surface area contributed by atoms with Crippen molar-refractivity contribution in [3.63, 3.8) is 0 Å². The van der Waals surface area contributed by atoms with Gasteiger partial charge >= 0.3 is 0 Å². The molecule has 6 nitrogen and oxygen atoms in total. The van der Waals surface area contributed by atoms with Gasteiger partial charge in [0.05, 0.1) is 10.6 Å². The number of nitrogens with zero attached hydrogens (tertiary/aromatic N) is 1. The SMILES string of the molecule is O=S(=O)(Nc1cccc(Br)c1)c1ccc(-n2c(O)c3c(c2O)[C@H]2C=CC3C2)cc1. The van der Waals surface area contributed by atoms with Gasteiger partial charge in [0.2, 0.25) is 11.8 Å². The molecule has 1 unspecified atom stereocenters. The van der Waals surface area contributed by atoms with E-state index in [1.54, 1.807) is 30.3 Å². The quantitative estimate of drug-likeness (QED) is 0.484. The van der Waals surface area contributed by atoms with Crippen LogP contribution in [0.25, 0.3) is 5.69 Å². The molecular formula is C21H17BrN2O4S. The van der Waals surface area contributed by atoms with Crippen LogP contribution in [0.1, 0.15) is 29.4 Å². The lowest BCUT2D eigenvalue weighted by molar-refractivity contribution is 0.395. The Balaban J connectivity index is 1.47. The van der Waals surface area contributed by atoms with Crippen molar-refractivity contribution in [2.45, 2.75) is 23.2 Å². The van der Waals surface area contributed by atoms with E-state index in [4.69, 9.17) is 0 Å². The van der Waals surface area contributed by atoms with Crippen molar-refractivity contribution in [2.24, 2.45) is 0 Å². The molecule has 0 aliphatic heterocycles. The Kier molecular flexibility index (Phi) is 4.04. The third kappa shape index (κ3) is 2.86. The molecule has 3 N–H and O–H groups in total. The van der Waals surface area contributed by atoms with Crippen molar-refractivity contribution in [1.29, 1.82) is 0 Å². The average molecular weight is 473 g/mol. The molecule has 1 aromatic heterocycles. The highest BCUT2D eigenvalue weighted by Gasteiger charge is 2.41. The first-order chi connectivity index (χ1) is 13.8. The summed E-state index contributed by atoms with van der Waals surface area (Å²) in [6, 6.07) is 12.9. The fourth-order valence-electron chi connectivity index (χ4n) is 4.23. The van der Waals surface area contributed by atoms with Gasteiger partial charge in [-0.2, -0.15) is 0 Å². The molecule has 0 radical (unpaired) electrons. The first-order valence-electron chi connectivity index (χ1n) is 9.09. The summed E-state index contributed by atoms with van der Waals surface area (Å²) in [5.74, 6) is 0.266. The number of hydrogen-bond acceptors (Lipinski definition) is 4. The Labute approximate surface area is 176 Å². The largest absolute Gasteiger partial charge is 0.494 e. The number of aromatic nitrogens is 1. The van der Waals surface area contributed by atoms with Gasteiger partial charge in [-0.05, 0) is 48.9 Å². The summed E-state index contributed by atoms with van der Waals surface area (Å²) in [7, 11) is -3.77. The zero-order valence-electron chi connectivity index (χ0n) is 15.1. The van der Waals surface area contributed by atoms with E-state index in [0.29, 0.717) is 11.4 Å². The smallest absolute Gasteiger partial charge is 0.261 e. The number of sulfonamides is 1. The van der Waals surface area contributed by atoms with Crippen LogP contribution in [-0.2, 0) is 10.0 Å². The summed E-state index contributed by atoms with van der Waals surface area (Å²) in [4.78, 5) is 0.0849. The Bertz CT molecular complexity index is 1230. The summed E-state index contributed by atoms with van der Waals surface area (Å²) in [5, 5.41) is 21.4. The average Bonchev–Trinajstić information content (AvgIpc) is 3.35. The number of allylic oxidation sites excluding steroid dienone is 2. The van der Waals surface area contributed by atoms with Crippen molar-refractivity contribution in [2.75, 3.05) is 4.72 Å². The summed E-state index contributed by atoms with van der Waals surface area (Å²) >= 11 is 3.32. The van der Waals surface area contributed by atoms with Gasteiger partial charge in [-0.1, -0.05) is 34.1 Å². The second kappa shape index (κ2) is 6.40. The Morgan fingerprint density at radius 3 is 2.17 bits per heavy atom. The molecule has 3 aromatic rings. The molecule has 0 fully saturated rings. The number of anilines is 1. The molecule has 29 heavy (non-hydrogen) atoms. The molecule has 2 bridgehead atoms. The van der Waals surface area contributed by atoms with Crippen LogP contribution in [0.3, 0.4) is 0 Å². The van der Waals surface area contributed by atoms with E-state index >= 15 is 0 Å². The molecule has 148 valence electrons. The summed E-state index contributed by atoms with van der Waals surface area (Å²) in [6.45, 7) is 0. The first-order valence-corrected chi connectivity index (χ1v) is 11.4. The predicted molar refractivity (Wildman–Crippen MR) is 113 cm³/mol. The van der Waals surface area contributed by atoms with E-state index in [1.807, 2.05) is 6.07 Å². The molecule has 2 aliphatic carbocycles.